The van der Waals surface area contributed by atoms with Crippen molar-refractivity contribution in [1.82, 2.24) is 5.32 Å². The van der Waals surface area contributed by atoms with Gasteiger partial charge in [-0.25, -0.2) is 0 Å². The number of carbonyl (C=O) groups is 2. The Bertz CT molecular complexity index is 659. The molecule has 0 saturated carbocycles. The highest BCUT2D eigenvalue weighted by Gasteiger charge is 2.20. The van der Waals surface area contributed by atoms with E-state index in [4.69, 9.17) is 4.42 Å². The second-order valence-corrected chi connectivity index (χ2v) is 5.50. The number of hydrogen-bond donors (Lipinski definition) is 3. The molecule has 1 aromatic carbocycles. The Morgan fingerprint density at radius 3 is 2.39 bits per heavy atom. The van der Waals surface area contributed by atoms with Crippen molar-refractivity contribution in [1.29, 1.82) is 0 Å². The third kappa shape index (κ3) is 3.98. The average molecular weight is 313 g/mol. The van der Waals surface area contributed by atoms with E-state index in [0.29, 0.717) is 11.4 Å². The number of rotatable bonds is 4. The lowest BCUT2D eigenvalue weighted by Gasteiger charge is -2.22. The van der Waals surface area contributed by atoms with E-state index in [9.17, 15) is 9.59 Å². The monoisotopic (exact) mass is 313 g/mol. The quantitative estimate of drug-likeness (QED) is 0.810. The van der Waals surface area contributed by atoms with Crippen molar-refractivity contribution >= 4 is 23.2 Å². The summed E-state index contributed by atoms with van der Waals surface area (Å²) in [6.07, 6.45) is 4.51. The fourth-order valence-corrected chi connectivity index (χ4v) is 2.54. The molecule has 0 unspecified atom stereocenters. The lowest BCUT2D eigenvalue weighted by atomic mass is 10.0. The maximum absolute atomic E-state index is 12.1. The number of amides is 2. The minimum atomic E-state index is -0.307. The number of nitrogens with one attached hydrogen (secondary N) is 3. The van der Waals surface area contributed by atoms with Crippen LogP contribution >= 0.6 is 0 Å². The fraction of sp³-hybridized carbons (Fsp3) is 0.294. The molecule has 3 N–H and O–H groups in total. The third-order valence-corrected chi connectivity index (χ3v) is 3.78. The molecule has 1 aliphatic heterocycles. The first-order chi connectivity index (χ1) is 11.2. The van der Waals surface area contributed by atoms with Gasteiger partial charge in [0.2, 0.25) is 5.91 Å². The lowest BCUT2D eigenvalue weighted by Crippen LogP contribution is -2.43. The molecular formula is C17H19N3O3. The van der Waals surface area contributed by atoms with E-state index in [1.165, 1.54) is 6.26 Å². The third-order valence-electron chi connectivity index (χ3n) is 3.78. The topological polar surface area (TPSA) is 83.4 Å². The Morgan fingerprint density at radius 2 is 1.78 bits per heavy atom. The van der Waals surface area contributed by atoms with Crippen LogP contribution in [0.3, 0.4) is 0 Å². The summed E-state index contributed by atoms with van der Waals surface area (Å²) >= 11 is 0. The van der Waals surface area contributed by atoms with Gasteiger partial charge in [-0.2, -0.15) is 0 Å². The first-order valence-corrected chi connectivity index (χ1v) is 7.71. The zero-order valence-electron chi connectivity index (χ0n) is 12.7. The highest BCUT2D eigenvalue weighted by atomic mass is 16.3. The summed E-state index contributed by atoms with van der Waals surface area (Å²) in [6, 6.07) is 10.1. The molecule has 23 heavy (non-hydrogen) atoms. The summed E-state index contributed by atoms with van der Waals surface area (Å²) in [6.45, 7) is 0.885. The maximum Gasteiger partial charge on any atom is 0.291 e. The van der Waals surface area contributed by atoms with E-state index in [1.54, 1.807) is 36.4 Å². The molecule has 0 bridgehead atoms. The number of benzene rings is 1. The lowest BCUT2D eigenvalue weighted by molar-refractivity contribution is -0.118. The Labute approximate surface area is 134 Å². The van der Waals surface area contributed by atoms with Crippen LogP contribution in [0.2, 0.25) is 0 Å². The first kappa shape index (κ1) is 15.3. The van der Waals surface area contributed by atoms with E-state index in [-0.39, 0.29) is 23.6 Å². The van der Waals surface area contributed by atoms with Crippen molar-refractivity contribution in [2.24, 2.45) is 0 Å². The number of carbonyl (C=O) groups excluding carboxylic acids is 2. The fourth-order valence-electron chi connectivity index (χ4n) is 2.54. The summed E-state index contributed by atoms with van der Waals surface area (Å²) in [7, 11) is 0. The smallest absolute Gasteiger partial charge is 0.291 e. The molecule has 1 saturated heterocycles. The van der Waals surface area contributed by atoms with Crippen molar-refractivity contribution < 1.29 is 14.0 Å². The van der Waals surface area contributed by atoms with Crippen molar-refractivity contribution in [2.45, 2.75) is 25.3 Å². The summed E-state index contributed by atoms with van der Waals surface area (Å²) < 4.78 is 5.04. The molecule has 120 valence electrons. The van der Waals surface area contributed by atoms with Crippen LogP contribution < -0.4 is 16.0 Å². The Morgan fingerprint density at radius 1 is 1.04 bits per heavy atom. The zero-order chi connectivity index (χ0) is 16.1. The first-order valence-electron chi connectivity index (χ1n) is 7.71. The summed E-state index contributed by atoms with van der Waals surface area (Å²) in [5.41, 5.74) is 1.35. The molecule has 1 aliphatic rings. The molecule has 6 nitrogen and oxygen atoms in total. The van der Waals surface area contributed by atoms with Gasteiger partial charge in [-0.05, 0) is 55.8 Å². The molecule has 0 spiro atoms. The minimum Gasteiger partial charge on any atom is -0.459 e. The van der Waals surface area contributed by atoms with Crippen LogP contribution in [-0.2, 0) is 4.79 Å². The van der Waals surface area contributed by atoms with Crippen LogP contribution in [0.1, 0.15) is 29.8 Å². The van der Waals surface area contributed by atoms with Crippen LogP contribution in [0.15, 0.2) is 47.1 Å². The molecule has 3 rings (SSSR count). The molecule has 1 fully saturated rings. The predicted molar refractivity (Wildman–Crippen MR) is 87.4 cm³/mol. The Kier molecular flexibility index (Phi) is 4.73. The van der Waals surface area contributed by atoms with E-state index >= 15 is 0 Å². The van der Waals surface area contributed by atoms with Gasteiger partial charge in [-0.15, -0.1) is 0 Å². The van der Waals surface area contributed by atoms with E-state index in [0.717, 1.165) is 25.8 Å². The number of piperidine rings is 1. The second-order valence-electron chi connectivity index (χ2n) is 5.50. The van der Waals surface area contributed by atoms with Crippen molar-refractivity contribution in [2.75, 3.05) is 17.2 Å². The van der Waals surface area contributed by atoms with E-state index in [2.05, 4.69) is 16.0 Å². The van der Waals surface area contributed by atoms with Crippen LogP contribution in [-0.4, -0.2) is 24.4 Å². The van der Waals surface area contributed by atoms with Crippen LogP contribution in [0.5, 0.6) is 0 Å². The number of hydrogen-bond acceptors (Lipinski definition) is 4. The summed E-state index contributed by atoms with van der Waals surface area (Å²) in [4.78, 5) is 24.0. The van der Waals surface area contributed by atoms with E-state index in [1.807, 2.05) is 0 Å². The number of anilines is 2. The zero-order valence-corrected chi connectivity index (χ0v) is 12.7. The van der Waals surface area contributed by atoms with Gasteiger partial charge in [0.15, 0.2) is 5.76 Å². The van der Waals surface area contributed by atoms with Crippen LogP contribution in [0, 0.1) is 0 Å². The van der Waals surface area contributed by atoms with Gasteiger partial charge in [-0.1, -0.05) is 6.42 Å². The Balaban J connectivity index is 1.56. The van der Waals surface area contributed by atoms with Gasteiger partial charge >= 0.3 is 0 Å². The normalized spacial score (nSPS) is 17.5. The van der Waals surface area contributed by atoms with Gasteiger partial charge < -0.3 is 20.4 Å². The molecular weight excluding hydrogens is 294 g/mol. The average Bonchev–Trinajstić information content (AvgIpc) is 3.12. The largest absolute Gasteiger partial charge is 0.459 e. The molecule has 2 aromatic rings. The second kappa shape index (κ2) is 7.11. The van der Waals surface area contributed by atoms with Crippen LogP contribution in [0.4, 0.5) is 11.4 Å². The number of furan rings is 1. The summed E-state index contributed by atoms with van der Waals surface area (Å²) in [5, 5.41) is 8.83. The highest BCUT2D eigenvalue weighted by molar-refractivity contribution is 6.02. The molecule has 2 amide bonds. The van der Waals surface area contributed by atoms with Crippen molar-refractivity contribution in [3.63, 3.8) is 0 Å². The Hall–Kier alpha value is -2.60. The van der Waals surface area contributed by atoms with Gasteiger partial charge in [0.25, 0.3) is 5.91 Å². The SMILES string of the molecule is O=C(Nc1ccc(NC(=O)[C@@H]2CCCCN2)cc1)c1ccco1. The molecule has 0 radical (unpaired) electrons. The standard InChI is InChI=1S/C17H19N3O3/c21-16(14-4-1-2-10-18-14)19-12-6-8-13(9-7-12)20-17(22)15-5-3-11-23-15/h3,5-9,11,14,18H,1-2,4,10H2,(H,19,21)(H,20,22)/t14-/m0/s1. The van der Waals surface area contributed by atoms with Crippen molar-refractivity contribution in [3.05, 3.63) is 48.4 Å². The maximum atomic E-state index is 12.1. The molecule has 1 atom stereocenters. The molecule has 1 aromatic heterocycles. The highest BCUT2D eigenvalue weighted by Crippen LogP contribution is 2.16. The van der Waals surface area contributed by atoms with Crippen molar-refractivity contribution in [3.8, 4) is 0 Å². The molecule has 2 heterocycles. The molecule has 6 heteroatoms. The van der Waals surface area contributed by atoms with Gasteiger partial charge in [0.1, 0.15) is 0 Å². The molecule has 0 aliphatic carbocycles. The minimum absolute atomic E-state index is 0.0166. The van der Waals surface area contributed by atoms with Gasteiger partial charge in [0, 0.05) is 11.4 Å². The van der Waals surface area contributed by atoms with Crippen LogP contribution in [0.25, 0.3) is 0 Å². The summed E-state index contributed by atoms with van der Waals surface area (Å²) in [5.74, 6) is -0.0685. The van der Waals surface area contributed by atoms with Gasteiger partial charge in [-0.3, -0.25) is 9.59 Å². The van der Waals surface area contributed by atoms with Gasteiger partial charge in [0.05, 0.1) is 12.3 Å². The predicted octanol–water partition coefficient (Wildman–Crippen LogP) is 2.61. The van der Waals surface area contributed by atoms with E-state index < -0.39 is 0 Å².